The van der Waals surface area contributed by atoms with Crippen molar-refractivity contribution in [3.63, 3.8) is 0 Å². The molecular formula is C16H19F3N4O. The first-order chi connectivity index (χ1) is 11.3. The molecule has 2 aromatic rings. The second kappa shape index (κ2) is 7.48. The van der Waals surface area contributed by atoms with Crippen molar-refractivity contribution in [3.05, 3.63) is 53.9 Å². The van der Waals surface area contributed by atoms with E-state index in [1.807, 2.05) is 0 Å². The summed E-state index contributed by atoms with van der Waals surface area (Å²) in [5.41, 5.74) is 1.00. The second-order valence-corrected chi connectivity index (χ2v) is 5.46. The molecule has 2 N–H and O–H groups in total. The van der Waals surface area contributed by atoms with Gasteiger partial charge < -0.3 is 10.6 Å². The zero-order valence-electron chi connectivity index (χ0n) is 13.3. The van der Waals surface area contributed by atoms with Gasteiger partial charge >= 0.3 is 6.18 Å². The quantitative estimate of drug-likeness (QED) is 0.845. The number of halogens is 3. The van der Waals surface area contributed by atoms with Crippen LogP contribution in [-0.2, 0) is 18.3 Å². The highest BCUT2D eigenvalue weighted by Crippen LogP contribution is 2.24. The average Bonchev–Trinajstić information content (AvgIpc) is 2.94. The Kier molecular flexibility index (Phi) is 5.61. The fourth-order valence-electron chi connectivity index (χ4n) is 2.39. The third-order valence-electron chi connectivity index (χ3n) is 3.60. The van der Waals surface area contributed by atoms with Crippen LogP contribution < -0.4 is 10.6 Å². The first-order valence-electron chi connectivity index (χ1n) is 7.38. The molecule has 2 rings (SSSR count). The van der Waals surface area contributed by atoms with Crippen molar-refractivity contribution in [2.24, 2.45) is 7.05 Å². The smallest absolute Gasteiger partial charge is 0.342 e. The third kappa shape index (κ3) is 4.58. The van der Waals surface area contributed by atoms with Crippen molar-refractivity contribution in [1.29, 1.82) is 0 Å². The van der Waals surface area contributed by atoms with Crippen LogP contribution in [0, 0.1) is 0 Å². The Morgan fingerprint density at radius 3 is 2.46 bits per heavy atom. The highest BCUT2D eigenvalue weighted by molar-refractivity contribution is 5.83. The van der Waals surface area contributed by atoms with E-state index in [-0.39, 0.29) is 6.42 Å². The maximum Gasteiger partial charge on any atom is 0.408 e. The van der Waals surface area contributed by atoms with E-state index in [2.05, 4.69) is 15.7 Å². The summed E-state index contributed by atoms with van der Waals surface area (Å²) in [6.07, 6.45) is -1.83. The molecule has 1 aromatic carbocycles. The highest BCUT2D eigenvalue weighted by atomic mass is 19.4. The van der Waals surface area contributed by atoms with Crippen molar-refractivity contribution in [2.75, 3.05) is 7.05 Å². The van der Waals surface area contributed by atoms with Gasteiger partial charge in [0.15, 0.2) is 0 Å². The van der Waals surface area contributed by atoms with Crippen molar-refractivity contribution in [1.82, 2.24) is 20.4 Å². The summed E-state index contributed by atoms with van der Waals surface area (Å²) in [7, 11) is 3.18. The molecule has 8 heteroatoms. The van der Waals surface area contributed by atoms with Gasteiger partial charge in [0.2, 0.25) is 5.91 Å². The van der Waals surface area contributed by atoms with Gasteiger partial charge in [0.1, 0.15) is 12.1 Å². The van der Waals surface area contributed by atoms with E-state index in [0.717, 1.165) is 0 Å². The molecule has 5 nitrogen and oxygen atoms in total. The van der Waals surface area contributed by atoms with Crippen LogP contribution >= 0.6 is 0 Å². The van der Waals surface area contributed by atoms with Crippen LogP contribution in [0.1, 0.15) is 17.2 Å². The second-order valence-electron chi connectivity index (χ2n) is 5.46. The number of alkyl halides is 3. The van der Waals surface area contributed by atoms with Crippen LogP contribution in [-0.4, -0.2) is 35.0 Å². The maximum atomic E-state index is 13.3. The molecule has 1 heterocycles. The maximum absolute atomic E-state index is 13.3. The number of rotatable bonds is 6. The van der Waals surface area contributed by atoms with Crippen LogP contribution in [0.5, 0.6) is 0 Å². The molecule has 0 aliphatic rings. The number of amides is 1. The molecule has 0 spiro atoms. The van der Waals surface area contributed by atoms with Crippen LogP contribution in [0.15, 0.2) is 42.7 Å². The topological polar surface area (TPSA) is 59.0 Å². The summed E-state index contributed by atoms with van der Waals surface area (Å²) in [5, 5.41) is 8.76. The monoisotopic (exact) mass is 340 g/mol. The number of benzene rings is 1. The summed E-state index contributed by atoms with van der Waals surface area (Å²) >= 11 is 0. The van der Waals surface area contributed by atoms with Crippen LogP contribution in [0.4, 0.5) is 13.2 Å². The van der Waals surface area contributed by atoms with Gasteiger partial charge in [-0.25, -0.2) is 0 Å². The van der Waals surface area contributed by atoms with Gasteiger partial charge in [0.25, 0.3) is 0 Å². The Morgan fingerprint density at radius 1 is 1.29 bits per heavy atom. The number of likely N-dealkylation sites (N-methyl/N-ethyl adjacent to an activating group) is 1. The minimum Gasteiger partial charge on any atom is -0.342 e. The lowest BCUT2D eigenvalue weighted by Gasteiger charge is -2.24. The molecule has 0 saturated carbocycles. The molecule has 1 aromatic heterocycles. The number of nitrogens with zero attached hydrogens (tertiary/aromatic N) is 2. The molecular weight excluding hydrogens is 321 g/mol. The Bertz CT molecular complexity index is 669. The molecule has 0 radical (unpaired) electrons. The number of aromatic nitrogens is 2. The van der Waals surface area contributed by atoms with Crippen molar-refractivity contribution in [3.8, 4) is 0 Å². The average molecular weight is 340 g/mol. The number of carbonyl (C=O) groups is 1. The predicted molar refractivity (Wildman–Crippen MR) is 83.1 cm³/mol. The Labute approximate surface area is 137 Å². The van der Waals surface area contributed by atoms with Gasteiger partial charge in [0.05, 0.1) is 6.20 Å². The number of hydrogen-bond donors (Lipinski definition) is 2. The summed E-state index contributed by atoms with van der Waals surface area (Å²) in [4.78, 5) is 12.3. The van der Waals surface area contributed by atoms with E-state index in [1.54, 1.807) is 43.6 Å². The summed E-state index contributed by atoms with van der Waals surface area (Å²) in [5.74, 6) is -0.747. The molecule has 2 unspecified atom stereocenters. The van der Waals surface area contributed by atoms with E-state index in [0.29, 0.717) is 11.1 Å². The largest absolute Gasteiger partial charge is 0.408 e. The molecule has 0 aliphatic heterocycles. The van der Waals surface area contributed by atoms with Gasteiger partial charge in [-0.05, 0) is 12.6 Å². The number of aryl methyl sites for hydroxylation is 1. The van der Waals surface area contributed by atoms with Crippen molar-refractivity contribution in [2.45, 2.75) is 24.7 Å². The van der Waals surface area contributed by atoms with Gasteiger partial charge in [-0.15, -0.1) is 0 Å². The molecule has 0 aliphatic carbocycles. The Morgan fingerprint density at radius 2 is 1.96 bits per heavy atom. The van der Waals surface area contributed by atoms with E-state index in [1.165, 1.54) is 17.9 Å². The van der Waals surface area contributed by atoms with Gasteiger partial charge in [-0.3, -0.25) is 9.48 Å². The zero-order chi connectivity index (χ0) is 17.7. The van der Waals surface area contributed by atoms with Gasteiger partial charge in [0, 0.05) is 25.2 Å². The van der Waals surface area contributed by atoms with Gasteiger partial charge in [-0.1, -0.05) is 30.3 Å². The molecule has 0 fully saturated rings. The standard InChI is InChI=1S/C16H19F3N4O/c1-20-14(12-9-21-23(2)10-12)15(24)22-13(16(17,18)19)8-11-6-4-3-5-7-11/h3-7,9-10,13-14,20H,8H2,1-2H3,(H,22,24). The number of hydrogen-bond acceptors (Lipinski definition) is 3. The summed E-state index contributed by atoms with van der Waals surface area (Å²) < 4.78 is 41.3. The summed E-state index contributed by atoms with van der Waals surface area (Å²) in [6, 6.07) is 5.39. The van der Waals surface area contributed by atoms with Crippen molar-refractivity contribution >= 4 is 5.91 Å². The molecule has 24 heavy (non-hydrogen) atoms. The van der Waals surface area contributed by atoms with E-state index in [4.69, 9.17) is 0 Å². The predicted octanol–water partition coefficient (Wildman–Crippen LogP) is 1.97. The minimum absolute atomic E-state index is 0.320. The summed E-state index contributed by atoms with van der Waals surface area (Å²) in [6.45, 7) is 0. The van der Waals surface area contributed by atoms with Gasteiger partial charge in [-0.2, -0.15) is 18.3 Å². The third-order valence-corrected chi connectivity index (χ3v) is 3.60. The first kappa shape index (κ1) is 18.0. The van der Waals surface area contributed by atoms with Crippen LogP contribution in [0.2, 0.25) is 0 Å². The number of carbonyl (C=O) groups excluding carboxylic acids is 1. The first-order valence-corrected chi connectivity index (χ1v) is 7.38. The lowest BCUT2D eigenvalue weighted by atomic mass is 10.0. The minimum atomic E-state index is -4.54. The fraction of sp³-hybridized carbons (Fsp3) is 0.375. The number of nitrogens with one attached hydrogen (secondary N) is 2. The van der Waals surface area contributed by atoms with Crippen molar-refractivity contribution < 1.29 is 18.0 Å². The molecule has 1 amide bonds. The normalized spacial score (nSPS) is 14.2. The zero-order valence-corrected chi connectivity index (χ0v) is 13.3. The Balaban J connectivity index is 2.14. The molecule has 130 valence electrons. The van der Waals surface area contributed by atoms with Crippen LogP contribution in [0.3, 0.4) is 0 Å². The molecule has 2 atom stereocenters. The molecule has 0 saturated heterocycles. The molecule has 0 bridgehead atoms. The van der Waals surface area contributed by atoms with E-state index < -0.39 is 24.2 Å². The SMILES string of the molecule is CNC(C(=O)NC(Cc1ccccc1)C(F)(F)F)c1cnn(C)c1. The lowest BCUT2D eigenvalue weighted by molar-refractivity contribution is -0.162. The van der Waals surface area contributed by atoms with E-state index in [9.17, 15) is 18.0 Å². The highest BCUT2D eigenvalue weighted by Gasteiger charge is 2.41. The fourth-order valence-corrected chi connectivity index (χ4v) is 2.39. The van der Waals surface area contributed by atoms with E-state index >= 15 is 0 Å². The lowest BCUT2D eigenvalue weighted by Crippen LogP contribution is -2.50. The Hall–Kier alpha value is -2.35. The van der Waals surface area contributed by atoms with Crippen LogP contribution in [0.25, 0.3) is 0 Å².